The Hall–Kier alpha value is -5.84. The summed E-state index contributed by atoms with van der Waals surface area (Å²) < 4.78 is 29.2. The number of hydrogen-bond donors (Lipinski definition) is 2. The smallest absolute Gasteiger partial charge is 0.240 e. The van der Waals surface area contributed by atoms with Crippen molar-refractivity contribution < 1.29 is 14.5 Å². The van der Waals surface area contributed by atoms with Crippen LogP contribution in [0.3, 0.4) is 0 Å². The standard InChI is InChI=1S/C21H25N3.C18H18N2O2S.C9H13N.CH4.FH.H2/c1-15-11-12-17(13-16(15)2)19-14-22-20(24(19)5)23-21(3,4)18-9-7-6-8-10-18;1-13-9-10-15(11-14(13)2)17-12-19-18(20(17)3)23(21,22)16-7-5-4-6-8-16;1-9(2,10)8-6-4-3-5-7-8;;;/h6-14H,1-5H3,(H,22,23);4-12H,1-3H3;3-7H,10H2,1-2H3;1H4;2*1H. The number of anilines is 1. The van der Waals surface area contributed by atoms with E-state index in [0.717, 1.165) is 28.5 Å². The first-order chi connectivity index (χ1) is 26.9. The third-order valence-electron chi connectivity index (χ3n) is 10.3. The van der Waals surface area contributed by atoms with Crippen LogP contribution in [0.15, 0.2) is 150 Å². The summed E-state index contributed by atoms with van der Waals surface area (Å²) >= 11 is 0. The zero-order chi connectivity index (χ0) is 41.5. The molecule has 0 bridgehead atoms. The van der Waals surface area contributed by atoms with Crippen molar-refractivity contribution in [2.75, 3.05) is 5.32 Å². The van der Waals surface area contributed by atoms with E-state index in [1.807, 2.05) is 88.5 Å². The van der Waals surface area contributed by atoms with Gasteiger partial charge in [-0.3, -0.25) is 4.70 Å². The quantitative estimate of drug-likeness (QED) is 0.158. The topological polar surface area (TPSA) is 108 Å². The molecule has 7 rings (SSSR count). The average molecular weight is 819 g/mol. The van der Waals surface area contributed by atoms with E-state index >= 15 is 0 Å². The molecular weight excluding hydrogens is 756 g/mol. The van der Waals surface area contributed by atoms with E-state index in [-0.39, 0.29) is 34.7 Å². The minimum atomic E-state index is -3.62. The maximum absolute atomic E-state index is 12.7. The summed E-state index contributed by atoms with van der Waals surface area (Å²) in [5, 5.41) is 3.62. The highest BCUT2D eigenvalue weighted by Gasteiger charge is 2.25. The molecule has 0 amide bonds. The van der Waals surface area contributed by atoms with Crippen molar-refractivity contribution in [3.05, 3.63) is 173 Å². The number of aromatic nitrogens is 4. The van der Waals surface area contributed by atoms with Gasteiger partial charge in [-0.25, -0.2) is 18.4 Å². The number of benzene rings is 5. The summed E-state index contributed by atoms with van der Waals surface area (Å²) in [5.74, 6) is 0.872. The second kappa shape index (κ2) is 19.7. The Morgan fingerprint density at radius 1 is 0.593 bits per heavy atom. The zero-order valence-electron chi connectivity index (χ0n) is 35.3. The van der Waals surface area contributed by atoms with Gasteiger partial charge >= 0.3 is 0 Å². The summed E-state index contributed by atoms with van der Waals surface area (Å²) in [7, 11) is 0.163. The fourth-order valence-electron chi connectivity index (χ4n) is 6.29. The van der Waals surface area contributed by atoms with Crippen LogP contribution in [0.25, 0.3) is 22.5 Å². The second-order valence-corrected chi connectivity index (χ2v) is 17.5. The molecule has 314 valence electrons. The molecule has 0 spiro atoms. The van der Waals surface area contributed by atoms with Gasteiger partial charge in [-0.1, -0.05) is 111 Å². The van der Waals surface area contributed by atoms with Gasteiger partial charge in [0.1, 0.15) is 0 Å². The van der Waals surface area contributed by atoms with Gasteiger partial charge in [0.05, 0.1) is 34.2 Å². The van der Waals surface area contributed by atoms with E-state index in [1.165, 1.54) is 33.4 Å². The predicted molar refractivity (Wildman–Crippen MR) is 246 cm³/mol. The number of aryl methyl sites for hydroxylation is 4. The number of nitrogens with two attached hydrogens (primary N) is 1. The number of hydrogen-bond acceptors (Lipinski definition) is 6. The fraction of sp³-hybridized carbons (Fsp3) is 0.265. The van der Waals surface area contributed by atoms with E-state index in [0.29, 0.717) is 0 Å². The van der Waals surface area contributed by atoms with Crippen LogP contribution in [-0.2, 0) is 35.0 Å². The summed E-state index contributed by atoms with van der Waals surface area (Å²) in [4.78, 5) is 9.02. The normalized spacial score (nSPS) is 11.2. The van der Waals surface area contributed by atoms with Crippen LogP contribution >= 0.6 is 0 Å². The molecule has 0 saturated carbocycles. The highest BCUT2D eigenvalue weighted by atomic mass is 32.2. The van der Waals surface area contributed by atoms with Crippen LogP contribution in [0.1, 0.15) is 69.9 Å². The molecule has 3 N–H and O–H groups in total. The largest absolute Gasteiger partial charge is 0.347 e. The van der Waals surface area contributed by atoms with Crippen molar-refractivity contribution in [3.8, 4) is 22.5 Å². The number of imidazole rings is 2. The Morgan fingerprint density at radius 3 is 1.46 bits per heavy atom. The van der Waals surface area contributed by atoms with Crippen molar-refractivity contribution in [2.45, 2.75) is 83.9 Å². The molecule has 0 radical (unpaired) electrons. The molecule has 10 heteroatoms. The van der Waals surface area contributed by atoms with Crippen molar-refractivity contribution >= 4 is 15.8 Å². The van der Waals surface area contributed by atoms with Crippen LogP contribution in [0, 0.1) is 27.7 Å². The lowest BCUT2D eigenvalue weighted by Crippen LogP contribution is -2.29. The molecule has 0 fully saturated rings. The maximum atomic E-state index is 12.7. The second-order valence-electron chi connectivity index (χ2n) is 15.6. The first-order valence-electron chi connectivity index (χ1n) is 19.1. The first kappa shape index (κ1) is 47.5. The van der Waals surface area contributed by atoms with Gasteiger partial charge in [-0.05, 0) is 113 Å². The maximum Gasteiger partial charge on any atom is 0.240 e. The summed E-state index contributed by atoms with van der Waals surface area (Å²) in [6.07, 6.45) is 3.55. The SMILES string of the molecule is C.CC(C)(N)c1ccccc1.Cc1ccc(-c2cnc(NC(C)(C)c3ccccc3)n2C)cc1C.Cc1ccc(-c2cnc(S(=O)(=O)c3ccccc3)n2C)cc1C.F.[HH]. The van der Waals surface area contributed by atoms with Crippen molar-refractivity contribution in [1.82, 2.24) is 19.1 Å². The van der Waals surface area contributed by atoms with Crippen LogP contribution in [0.5, 0.6) is 0 Å². The Labute approximate surface area is 353 Å². The molecule has 8 nitrogen and oxygen atoms in total. The van der Waals surface area contributed by atoms with Gasteiger partial charge in [0.15, 0.2) is 0 Å². The fourth-order valence-corrected chi connectivity index (χ4v) is 7.66. The van der Waals surface area contributed by atoms with Gasteiger partial charge in [-0.15, -0.1) is 0 Å². The number of sulfone groups is 1. The molecule has 59 heavy (non-hydrogen) atoms. The van der Waals surface area contributed by atoms with E-state index < -0.39 is 9.84 Å². The molecule has 0 aliphatic heterocycles. The highest BCUT2D eigenvalue weighted by Crippen LogP contribution is 2.30. The molecule has 0 saturated heterocycles. The molecule has 0 aliphatic rings. The minimum Gasteiger partial charge on any atom is -0.347 e. The Kier molecular flexibility index (Phi) is 15.9. The number of rotatable bonds is 8. The Morgan fingerprint density at radius 2 is 1.02 bits per heavy atom. The van der Waals surface area contributed by atoms with Gasteiger partial charge in [0, 0.05) is 32.2 Å². The monoisotopic (exact) mass is 818 g/mol. The van der Waals surface area contributed by atoms with Crippen LogP contribution < -0.4 is 11.1 Å². The summed E-state index contributed by atoms with van der Waals surface area (Å²) in [6.45, 7) is 16.7. The lowest BCUT2D eigenvalue weighted by atomic mass is 9.95. The molecule has 2 heterocycles. The lowest BCUT2D eigenvalue weighted by molar-refractivity contribution is 0.554. The van der Waals surface area contributed by atoms with Crippen molar-refractivity contribution in [2.24, 2.45) is 19.8 Å². The molecule has 5 aromatic carbocycles. The molecule has 0 aliphatic carbocycles. The predicted octanol–water partition coefficient (Wildman–Crippen LogP) is 11.5. The van der Waals surface area contributed by atoms with Crippen LogP contribution in [0.2, 0.25) is 0 Å². The number of nitrogens with one attached hydrogen (secondary N) is 1. The van der Waals surface area contributed by atoms with Crippen molar-refractivity contribution in [1.29, 1.82) is 0 Å². The van der Waals surface area contributed by atoms with E-state index in [2.05, 4.69) is 97.1 Å². The average Bonchev–Trinajstić information content (AvgIpc) is 3.76. The van der Waals surface area contributed by atoms with E-state index in [4.69, 9.17) is 5.73 Å². The van der Waals surface area contributed by atoms with Gasteiger partial charge < -0.3 is 20.2 Å². The van der Waals surface area contributed by atoms with Gasteiger partial charge in [-0.2, -0.15) is 0 Å². The summed E-state index contributed by atoms with van der Waals surface area (Å²) in [5.41, 5.74) is 16.9. The van der Waals surface area contributed by atoms with Crippen LogP contribution in [0.4, 0.5) is 10.7 Å². The highest BCUT2D eigenvalue weighted by molar-refractivity contribution is 7.91. The minimum absolute atomic E-state index is 0. The van der Waals surface area contributed by atoms with E-state index in [1.54, 1.807) is 48.1 Å². The third-order valence-corrected chi connectivity index (χ3v) is 12.0. The lowest BCUT2D eigenvalue weighted by Gasteiger charge is -2.27. The van der Waals surface area contributed by atoms with Crippen molar-refractivity contribution in [3.63, 3.8) is 0 Å². The van der Waals surface area contributed by atoms with Crippen LogP contribution in [-0.4, -0.2) is 27.5 Å². The molecule has 0 unspecified atom stereocenters. The molecule has 2 aromatic heterocycles. The zero-order valence-corrected chi connectivity index (χ0v) is 36.1. The Bertz CT molecular complexity index is 2530. The number of halogens is 1. The summed E-state index contributed by atoms with van der Waals surface area (Å²) in [6, 6.07) is 41.5. The molecular formula is C49H63FN6O2S. The molecule has 7 aromatic rings. The first-order valence-corrected chi connectivity index (χ1v) is 20.6. The number of nitrogens with zero attached hydrogens (tertiary/aromatic N) is 4. The molecule has 0 atom stereocenters. The third kappa shape index (κ3) is 11.4. The Balaban J connectivity index is 0.000000325. The van der Waals surface area contributed by atoms with Gasteiger partial charge in [0.25, 0.3) is 0 Å². The van der Waals surface area contributed by atoms with Gasteiger partial charge in [0.2, 0.25) is 20.9 Å². The van der Waals surface area contributed by atoms with E-state index in [9.17, 15) is 8.42 Å².